The van der Waals surface area contributed by atoms with Crippen LogP contribution in [0.25, 0.3) is 11.0 Å². The lowest BCUT2D eigenvalue weighted by atomic mass is 10.0. The van der Waals surface area contributed by atoms with E-state index in [4.69, 9.17) is 44.4 Å². The summed E-state index contributed by atoms with van der Waals surface area (Å²) in [5, 5.41) is 0.755. The third kappa shape index (κ3) is 8.44. The van der Waals surface area contributed by atoms with E-state index in [0.717, 1.165) is 16.5 Å². The molecule has 3 rings (SSSR count). The normalized spacial score (nSPS) is 11.6. The van der Waals surface area contributed by atoms with Crippen molar-refractivity contribution in [3.05, 3.63) is 51.4 Å². The van der Waals surface area contributed by atoms with E-state index in [2.05, 4.69) is 25.7 Å². The molecule has 0 saturated carbocycles. The molecule has 0 radical (unpaired) electrons. The Kier molecular flexibility index (Phi) is 14.1. The number of benzene rings is 2. The molecule has 41 heavy (non-hydrogen) atoms. The first-order chi connectivity index (χ1) is 19.8. The third-order valence-electron chi connectivity index (χ3n) is 6.95. The minimum atomic E-state index is -0.469. The number of hydrogen-bond donors (Lipinski definition) is 0. The van der Waals surface area contributed by atoms with Crippen LogP contribution in [0.4, 0.5) is 0 Å². The van der Waals surface area contributed by atoms with Gasteiger partial charge in [-0.15, -0.1) is 11.6 Å². The fourth-order valence-corrected chi connectivity index (χ4v) is 4.69. The molecule has 9 nitrogen and oxygen atoms in total. The molecule has 0 aliphatic carbocycles. The molecule has 0 bridgehead atoms. The summed E-state index contributed by atoms with van der Waals surface area (Å²) in [6.45, 7) is 12.2. The van der Waals surface area contributed by atoms with Crippen molar-refractivity contribution in [2.45, 2.75) is 46.8 Å². The maximum Gasteiger partial charge on any atom is 0.339 e. The second kappa shape index (κ2) is 17.0. The number of halogens is 1. The number of methoxy groups -OCH3 is 5. The van der Waals surface area contributed by atoms with Gasteiger partial charge in [-0.25, -0.2) is 4.79 Å². The predicted molar refractivity (Wildman–Crippen MR) is 163 cm³/mol. The monoisotopic (exact) mass is 593 g/mol. The maximum atomic E-state index is 12.9. The Hall–Kier alpha value is -3.14. The molecule has 1 atom stereocenters. The van der Waals surface area contributed by atoms with Crippen LogP contribution in [0.3, 0.4) is 0 Å². The summed E-state index contributed by atoms with van der Waals surface area (Å²) in [6, 6.07) is 7.23. The van der Waals surface area contributed by atoms with E-state index < -0.39 is 11.7 Å². The predicted octanol–water partition coefficient (Wildman–Crippen LogP) is 5.86. The SMILES string of the molecule is CCN(CC)CC.COc1cc(COC(CCl)Cc2c(C)c3ccc(OC)c(OC)c3oc2=O)cc(OC)c1OC. The first kappa shape index (κ1) is 34.1. The van der Waals surface area contributed by atoms with Crippen LogP contribution < -0.4 is 29.3 Å². The Morgan fingerprint density at radius 2 is 1.39 bits per heavy atom. The van der Waals surface area contributed by atoms with Gasteiger partial charge in [0.05, 0.1) is 48.3 Å². The van der Waals surface area contributed by atoms with Gasteiger partial charge in [-0.1, -0.05) is 20.8 Å². The second-order valence-corrected chi connectivity index (χ2v) is 9.42. The summed E-state index contributed by atoms with van der Waals surface area (Å²) in [5.41, 5.74) is 1.95. The van der Waals surface area contributed by atoms with Gasteiger partial charge in [-0.05, 0) is 62.0 Å². The number of ether oxygens (including phenoxy) is 6. The third-order valence-corrected chi connectivity index (χ3v) is 7.30. The Morgan fingerprint density at radius 3 is 1.83 bits per heavy atom. The van der Waals surface area contributed by atoms with E-state index in [1.54, 1.807) is 27.4 Å². The lowest BCUT2D eigenvalue weighted by Crippen LogP contribution is -2.23. The zero-order valence-electron chi connectivity index (χ0n) is 25.7. The molecule has 228 valence electrons. The maximum absolute atomic E-state index is 12.9. The van der Waals surface area contributed by atoms with Crippen molar-refractivity contribution in [1.29, 1.82) is 0 Å². The highest BCUT2D eigenvalue weighted by molar-refractivity contribution is 6.18. The minimum absolute atomic E-state index is 0.188. The summed E-state index contributed by atoms with van der Waals surface area (Å²) in [6.07, 6.45) is -0.146. The Morgan fingerprint density at radius 1 is 0.829 bits per heavy atom. The highest BCUT2D eigenvalue weighted by Gasteiger charge is 2.21. The van der Waals surface area contributed by atoms with E-state index in [1.807, 2.05) is 25.1 Å². The second-order valence-electron chi connectivity index (χ2n) is 9.12. The van der Waals surface area contributed by atoms with E-state index in [1.165, 1.54) is 33.9 Å². The number of fused-ring (bicyclic) bond motifs is 1. The quantitative estimate of drug-likeness (QED) is 0.168. The average molecular weight is 594 g/mol. The van der Waals surface area contributed by atoms with Gasteiger partial charge in [-0.3, -0.25) is 0 Å². The van der Waals surface area contributed by atoms with Crippen molar-refractivity contribution in [2.24, 2.45) is 0 Å². The molecule has 1 heterocycles. The van der Waals surface area contributed by atoms with Crippen molar-refractivity contribution >= 4 is 22.6 Å². The van der Waals surface area contributed by atoms with Crippen LogP contribution in [0, 0.1) is 6.92 Å². The van der Waals surface area contributed by atoms with Gasteiger partial charge in [0.25, 0.3) is 0 Å². The van der Waals surface area contributed by atoms with Crippen LogP contribution in [0.2, 0.25) is 0 Å². The van der Waals surface area contributed by atoms with Crippen molar-refractivity contribution in [3.8, 4) is 28.7 Å². The fraction of sp³-hybridized carbons (Fsp3) is 0.516. The first-order valence-corrected chi connectivity index (χ1v) is 14.2. The van der Waals surface area contributed by atoms with Crippen LogP contribution in [0.1, 0.15) is 37.5 Å². The van der Waals surface area contributed by atoms with Gasteiger partial charge in [0, 0.05) is 23.3 Å². The van der Waals surface area contributed by atoms with Crippen molar-refractivity contribution < 1.29 is 32.8 Å². The molecule has 0 aliphatic rings. The Bertz CT molecular complexity index is 1270. The topological polar surface area (TPSA) is 88.8 Å². The molecule has 0 saturated heterocycles. The summed E-state index contributed by atoms with van der Waals surface area (Å²) in [5.74, 6) is 2.60. The minimum Gasteiger partial charge on any atom is -0.493 e. The highest BCUT2D eigenvalue weighted by Crippen LogP contribution is 2.39. The molecule has 0 N–H and O–H groups in total. The number of hydrogen-bond acceptors (Lipinski definition) is 9. The van der Waals surface area contributed by atoms with Gasteiger partial charge in [0.15, 0.2) is 22.8 Å². The molecule has 0 amide bonds. The Labute approximate surface area is 248 Å². The number of aryl methyl sites for hydroxylation is 1. The summed E-state index contributed by atoms with van der Waals surface area (Å²) in [4.78, 5) is 15.3. The average Bonchev–Trinajstić information content (AvgIpc) is 3.00. The largest absolute Gasteiger partial charge is 0.493 e. The van der Waals surface area contributed by atoms with Gasteiger partial charge in [-0.2, -0.15) is 0 Å². The summed E-state index contributed by atoms with van der Waals surface area (Å²) >= 11 is 6.20. The van der Waals surface area contributed by atoms with Crippen LogP contribution in [0.5, 0.6) is 28.7 Å². The first-order valence-electron chi connectivity index (χ1n) is 13.6. The highest BCUT2D eigenvalue weighted by atomic mass is 35.5. The molecule has 0 aliphatic heterocycles. The smallest absolute Gasteiger partial charge is 0.339 e. The zero-order chi connectivity index (χ0) is 30.5. The number of alkyl halides is 1. The van der Waals surface area contributed by atoms with Crippen LogP contribution in [0.15, 0.2) is 33.5 Å². The van der Waals surface area contributed by atoms with Crippen molar-refractivity contribution in [1.82, 2.24) is 4.90 Å². The molecular weight excluding hydrogens is 550 g/mol. The zero-order valence-corrected chi connectivity index (χ0v) is 26.5. The van der Waals surface area contributed by atoms with E-state index >= 15 is 0 Å². The van der Waals surface area contributed by atoms with Crippen molar-refractivity contribution in [2.75, 3.05) is 61.1 Å². The van der Waals surface area contributed by atoms with Gasteiger partial charge < -0.3 is 37.7 Å². The summed E-state index contributed by atoms with van der Waals surface area (Å²) in [7, 11) is 7.68. The molecular formula is C31H44ClNO8. The van der Waals surface area contributed by atoms with Crippen molar-refractivity contribution in [3.63, 3.8) is 0 Å². The summed E-state index contributed by atoms with van der Waals surface area (Å²) < 4.78 is 38.5. The lowest BCUT2D eigenvalue weighted by molar-refractivity contribution is 0.0550. The molecule has 10 heteroatoms. The molecule has 1 aromatic heterocycles. The van der Waals surface area contributed by atoms with E-state index in [-0.39, 0.29) is 18.9 Å². The lowest BCUT2D eigenvalue weighted by Gasteiger charge is -2.18. The molecule has 0 spiro atoms. The standard InChI is InChI=1S/C25H29ClO8.C6H15N/c1-14-17-7-8-19(28-2)24(32-6)22(17)34-25(27)18(14)11-16(12-26)33-13-15-9-20(29-3)23(31-5)21(10-15)30-4;1-4-7(5-2)6-3/h7-10,16H,11-13H2,1-6H3;4-6H2,1-3H3. The molecule has 2 aromatic carbocycles. The van der Waals surface area contributed by atoms with Gasteiger partial charge >= 0.3 is 5.63 Å². The van der Waals surface area contributed by atoms with Crippen LogP contribution in [-0.4, -0.2) is 72.1 Å². The fourth-order valence-electron chi connectivity index (χ4n) is 4.49. The number of rotatable bonds is 14. The van der Waals surface area contributed by atoms with E-state index in [0.29, 0.717) is 39.9 Å². The van der Waals surface area contributed by atoms with Gasteiger partial charge in [0.2, 0.25) is 11.5 Å². The molecule has 0 fully saturated rings. The molecule has 3 aromatic rings. The van der Waals surface area contributed by atoms with E-state index in [9.17, 15) is 4.79 Å². The molecule has 1 unspecified atom stereocenters. The van der Waals surface area contributed by atoms with Gasteiger partial charge in [0.1, 0.15) is 0 Å². The van der Waals surface area contributed by atoms with Crippen LogP contribution in [-0.2, 0) is 17.8 Å². The van der Waals surface area contributed by atoms with Crippen LogP contribution >= 0.6 is 11.6 Å². The number of nitrogens with zero attached hydrogens (tertiary/aromatic N) is 1. The Balaban J connectivity index is 0.000000745.